The number of hydrogen-bond acceptors (Lipinski definition) is 3. The van der Waals surface area contributed by atoms with Gasteiger partial charge < -0.3 is 16.6 Å². The molecule has 1 rings (SSSR count). The molecule has 0 unspecified atom stereocenters. The topological polar surface area (TPSA) is 72.3 Å². The Balaban J connectivity index is 3.34. The largest absolute Gasteiger partial charge is 0.508 e. The van der Waals surface area contributed by atoms with Crippen LogP contribution in [0.4, 0.5) is 11.4 Å². The SMILES string of the molecule is Cc1c(O)ccc(N)c1N. The number of nitrogens with two attached hydrogens (primary N) is 2. The molecule has 0 aliphatic carbocycles. The summed E-state index contributed by atoms with van der Waals surface area (Å²) >= 11 is 0. The van der Waals surface area contributed by atoms with Gasteiger partial charge in [-0.1, -0.05) is 0 Å². The Labute approximate surface area is 59.3 Å². The predicted molar refractivity (Wildman–Crippen MR) is 41.7 cm³/mol. The number of rotatable bonds is 0. The van der Waals surface area contributed by atoms with Crippen molar-refractivity contribution in [1.82, 2.24) is 0 Å². The zero-order valence-corrected chi connectivity index (χ0v) is 5.76. The first-order valence-corrected chi connectivity index (χ1v) is 2.96. The zero-order valence-electron chi connectivity index (χ0n) is 5.76. The molecule has 0 saturated carbocycles. The van der Waals surface area contributed by atoms with Gasteiger partial charge in [0.2, 0.25) is 0 Å². The van der Waals surface area contributed by atoms with Crippen LogP contribution in [0.2, 0.25) is 0 Å². The first kappa shape index (κ1) is 6.74. The maximum Gasteiger partial charge on any atom is 0.120 e. The summed E-state index contributed by atoms with van der Waals surface area (Å²) < 4.78 is 0. The van der Waals surface area contributed by atoms with Crippen LogP contribution < -0.4 is 11.5 Å². The van der Waals surface area contributed by atoms with Crippen LogP contribution in [0.15, 0.2) is 12.1 Å². The highest BCUT2D eigenvalue weighted by Gasteiger charge is 2.01. The second-order valence-electron chi connectivity index (χ2n) is 2.21. The van der Waals surface area contributed by atoms with Crippen molar-refractivity contribution in [2.75, 3.05) is 11.5 Å². The number of aromatic hydroxyl groups is 1. The van der Waals surface area contributed by atoms with Gasteiger partial charge in [0.25, 0.3) is 0 Å². The fourth-order valence-electron chi connectivity index (χ4n) is 0.738. The van der Waals surface area contributed by atoms with Crippen molar-refractivity contribution >= 4 is 11.4 Å². The first-order valence-electron chi connectivity index (χ1n) is 2.96. The Bertz CT molecular complexity index is 231. The van der Waals surface area contributed by atoms with E-state index in [9.17, 15) is 0 Å². The first-order chi connectivity index (χ1) is 4.63. The van der Waals surface area contributed by atoms with Gasteiger partial charge in [-0.3, -0.25) is 0 Å². The number of nitrogen functional groups attached to an aromatic ring is 2. The smallest absolute Gasteiger partial charge is 0.120 e. The normalized spacial score (nSPS) is 9.70. The van der Waals surface area contributed by atoms with Crippen molar-refractivity contribution in [1.29, 1.82) is 0 Å². The van der Waals surface area contributed by atoms with E-state index in [0.717, 1.165) is 0 Å². The minimum atomic E-state index is 0.187. The second kappa shape index (κ2) is 2.10. The fraction of sp³-hybridized carbons (Fsp3) is 0.143. The second-order valence-corrected chi connectivity index (χ2v) is 2.21. The van der Waals surface area contributed by atoms with E-state index in [4.69, 9.17) is 16.6 Å². The average molecular weight is 138 g/mol. The summed E-state index contributed by atoms with van der Waals surface area (Å²) in [6.07, 6.45) is 0. The molecule has 3 nitrogen and oxygen atoms in total. The molecule has 0 bridgehead atoms. The molecule has 0 aromatic heterocycles. The van der Waals surface area contributed by atoms with Crippen LogP contribution in [0.25, 0.3) is 0 Å². The number of phenols is 1. The minimum Gasteiger partial charge on any atom is -0.508 e. The van der Waals surface area contributed by atoms with E-state index in [1.54, 1.807) is 13.0 Å². The van der Waals surface area contributed by atoms with E-state index >= 15 is 0 Å². The van der Waals surface area contributed by atoms with Crippen LogP contribution in [0.5, 0.6) is 5.75 Å². The van der Waals surface area contributed by atoms with Gasteiger partial charge in [0.15, 0.2) is 0 Å². The summed E-state index contributed by atoms with van der Waals surface area (Å²) in [5.74, 6) is 0.187. The number of anilines is 2. The van der Waals surface area contributed by atoms with Crippen molar-refractivity contribution in [3.63, 3.8) is 0 Å². The summed E-state index contributed by atoms with van der Waals surface area (Å²) in [5, 5.41) is 9.09. The molecule has 0 spiro atoms. The molecule has 10 heavy (non-hydrogen) atoms. The minimum absolute atomic E-state index is 0.187. The van der Waals surface area contributed by atoms with Gasteiger partial charge in [-0.15, -0.1) is 0 Å². The van der Waals surface area contributed by atoms with Gasteiger partial charge in [-0.25, -0.2) is 0 Å². The van der Waals surface area contributed by atoms with Gasteiger partial charge in [-0.2, -0.15) is 0 Å². The summed E-state index contributed by atoms with van der Waals surface area (Å²) in [7, 11) is 0. The quantitative estimate of drug-likeness (QED) is 0.368. The third-order valence-electron chi connectivity index (χ3n) is 1.52. The van der Waals surface area contributed by atoms with Gasteiger partial charge in [0.05, 0.1) is 11.4 Å². The lowest BCUT2D eigenvalue weighted by Gasteiger charge is -2.04. The fourth-order valence-corrected chi connectivity index (χ4v) is 0.738. The lowest BCUT2D eigenvalue weighted by atomic mass is 10.1. The summed E-state index contributed by atoms with van der Waals surface area (Å²) in [4.78, 5) is 0. The summed E-state index contributed by atoms with van der Waals surface area (Å²) in [6, 6.07) is 3.11. The Morgan fingerprint density at radius 1 is 1.30 bits per heavy atom. The molecule has 3 heteroatoms. The molecular formula is C7H10N2O. The van der Waals surface area contributed by atoms with Gasteiger partial charge in [-0.05, 0) is 19.1 Å². The maximum absolute atomic E-state index is 9.09. The number of phenolic OH excluding ortho intramolecular Hbond substituents is 1. The zero-order chi connectivity index (χ0) is 7.72. The summed E-state index contributed by atoms with van der Waals surface area (Å²) in [6.45, 7) is 1.72. The van der Waals surface area contributed by atoms with Gasteiger partial charge in [0.1, 0.15) is 5.75 Å². The van der Waals surface area contributed by atoms with Crippen molar-refractivity contribution in [3.8, 4) is 5.75 Å². The van der Waals surface area contributed by atoms with E-state index in [1.807, 2.05) is 0 Å². The van der Waals surface area contributed by atoms with Crippen LogP contribution in [-0.2, 0) is 0 Å². The third-order valence-corrected chi connectivity index (χ3v) is 1.52. The van der Waals surface area contributed by atoms with Crippen molar-refractivity contribution < 1.29 is 5.11 Å². The van der Waals surface area contributed by atoms with Crippen molar-refractivity contribution in [2.24, 2.45) is 0 Å². The Morgan fingerprint density at radius 2 is 1.90 bits per heavy atom. The van der Waals surface area contributed by atoms with Gasteiger partial charge >= 0.3 is 0 Å². The van der Waals surface area contributed by atoms with Crippen molar-refractivity contribution in [2.45, 2.75) is 6.92 Å². The highest BCUT2D eigenvalue weighted by atomic mass is 16.3. The Hall–Kier alpha value is -1.38. The standard InChI is InChI=1S/C7H10N2O/c1-4-6(10)3-2-5(8)7(4)9/h2-3,10H,8-9H2,1H3. The Kier molecular flexibility index (Phi) is 1.41. The van der Waals surface area contributed by atoms with Crippen LogP contribution in [0, 0.1) is 6.92 Å². The molecule has 0 aliphatic heterocycles. The molecule has 5 N–H and O–H groups in total. The maximum atomic E-state index is 9.09. The lowest BCUT2D eigenvalue weighted by Crippen LogP contribution is -1.96. The number of hydrogen-bond donors (Lipinski definition) is 3. The monoisotopic (exact) mass is 138 g/mol. The van der Waals surface area contributed by atoms with E-state index in [1.165, 1.54) is 6.07 Å². The molecule has 1 aromatic carbocycles. The molecule has 54 valence electrons. The van der Waals surface area contributed by atoms with E-state index < -0.39 is 0 Å². The average Bonchev–Trinajstić information content (AvgIpc) is 1.93. The van der Waals surface area contributed by atoms with Crippen LogP contribution in [-0.4, -0.2) is 5.11 Å². The molecular weight excluding hydrogens is 128 g/mol. The van der Waals surface area contributed by atoms with Crippen molar-refractivity contribution in [3.05, 3.63) is 17.7 Å². The molecule has 0 aliphatic rings. The highest BCUT2D eigenvalue weighted by molar-refractivity contribution is 5.70. The lowest BCUT2D eigenvalue weighted by molar-refractivity contribution is 0.471. The number of benzene rings is 1. The van der Waals surface area contributed by atoms with Gasteiger partial charge in [0, 0.05) is 5.56 Å². The van der Waals surface area contributed by atoms with E-state index in [0.29, 0.717) is 16.9 Å². The highest BCUT2D eigenvalue weighted by Crippen LogP contribution is 2.26. The molecule has 0 heterocycles. The third kappa shape index (κ3) is 0.857. The van der Waals surface area contributed by atoms with E-state index in [2.05, 4.69) is 0 Å². The molecule has 1 aromatic rings. The molecule has 0 atom stereocenters. The summed E-state index contributed by atoms with van der Waals surface area (Å²) in [5.41, 5.74) is 12.6. The predicted octanol–water partition coefficient (Wildman–Crippen LogP) is 0.865. The Morgan fingerprint density at radius 3 is 2.40 bits per heavy atom. The van der Waals surface area contributed by atoms with Crippen LogP contribution >= 0.6 is 0 Å². The van der Waals surface area contributed by atoms with E-state index in [-0.39, 0.29) is 5.75 Å². The van der Waals surface area contributed by atoms with Crippen LogP contribution in [0.1, 0.15) is 5.56 Å². The molecule has 0 saturated heterocycles. The van der Waals surface area contributed by atoms with Crippen LogP contribution in [0.3, 0.4) is 0 Å². The molecule has 0 radical (unpaired) electrons. The molecule has 0 amide bonds. The molecule has 0 fully saturated rings.